The summed E-state index contributed by atoms with van der Waals surface area (Å²) in [6, 6.07) is 7.96. The molecule has 0 aliphatic carbocycles. The molecule has 0 aliphatic heterocycles. The summed E-state index contributed by atoms with van der Waals surface area (Å²) in [5.74, 6) is -0.159. The zero-order valence-electron chi connectivity index (χ0n) is 11.1. The molecule has 4 heteroatoms. The molecule has 0 fully saturated rings. The van der Waals surface area contributed by atoms with E-state index >= 15 is 0 Å². The lowest BCUT2D eigenvalue weighted by Crippen LogP contribution is -2.33. The van der Waals surface area contributed by atoms with Crippen LogP contribution in [-0.2, 0) is 22.7 Å². The summed E-state index contributed by atoms with van der Waals surface area (Å²) in [5, 5.41) is 2.89. The number of nitrogens with one attached hydrogen (secondary N) is 1. The van der Waals surface area contributed by atoms with Crippen LogP contribution in [-0.4, -0.2) is 19.1 Å². The number of benzene rings is 1. The topological polar surface area (TPSA) is 64.3 Å². The zero-order chi connectivity index (χ0) is 13.4. The molecule has 0 aromatic heterocycles. The van der Waals surface area contributed by atoms with Crippen LogP contribution >= 0.6 is 0 Å². The van der Waals surface area contributed by atoms with E-state index in [1.54, 1.807) is 0 Å². The van der Waals surface area contributed by atoms with E-state index in [1.165, 1.54) is 0 Å². The molecule has 0 radical (unpaired) electrons. The third-order valence-electron chi connectivity index (χ3n) is 2.83. The van der Waals surface area contributed by atoms with Crippen molar-refractivity contribution in [3.05, 3.63) is 35.4 Å². The van der Waals surface area contributed by atoms with Gasteiger partial charge in [-0.1, -0.05) is 31.2 Å². The minimum atomic E-state index is -0.149. The van der Waals surface area contributed by atoms with Gasteiger partial charge in [0.15, 0.2) is 0 Å². The maximum Gasteiger partial charge on any atom is 0.224 e. The Morgan fingerprint density at radius 1 is 1.39 bits per heavy atom. The van der Waals surface area contributed by atoms with Gasteiger partial charge in [-0.05, 0) is 18.1 Å². The van der Waals surface area contributed by atoms with Crippen molar-refractivity contribution < 1.29 is 9.53 Å². The van der Waals surface area contributed by atoms with Gasteiger partial charge in [-0.2, -0.15) is 0 Å². The second-order valence-corrected chi connectivity index (χ2v) is 4.26. The molecule has 18 heavy (non-hydrogen) atoms. The van der Waals surface area contributed by atoms with Crippen LogP contribution in [0, 0.1) is 5.92 Å². The normalized spacial score (nSPS) is 12.2. The number of ether oxygens (including phenoxy) is 1. The first-order chi connectivity index (χ1) is 8.69. The van der Waals surface area contributed by atoms with Crippen molar-refractivity contribution in [2.75, 3.05) is 13.2 Å². The number of carbonyl (C=O) groups excluding carboxylic acids is 1. The van der Waals surface area contributed by atoms with Crippen LogP contribution in [0.2, 0.25) is 0 Å². The summed E-state index contributed by atoms with van der Waals surface area (Å²) < 4.78 is 5.40. The van der Waals surface area contributed by atoms with Gasteiger partial charge >= 0.3 is 0 Å². The number of nitrogens with two attached hydrogens (primary N) is 1. The molecule has 4 nitrogen and oxygen atoms in total. The van der Waals surface area contributed by atoms with Gasteiger partial charge in [0.2, 0.25) is 5.91 Å². The molecule has 1 amide bonds. The van der Waals surface area contributed by atoms with Crippen molar-refractivity contribution in [2.24, 2.45) is 11.7 Å². The minimum Gasteiger partial charge on any atom is -0.377 e. The van der Waals surface area contributed by atoms with Crippen molar-refractivity contribution in [2.45, 2.75) is 27.0 Å². The van der Waals surface area contributed by atoms with Gasteiger partial charge in [0.1, 0.15) is 0 Å². The Bertz CT molecular complexity index is 380. The average molecular weight is 250 g/mol. The summed E-state index contributed by atoms with van der Waals surface area (Å²) >= 11 is 0. The molecule has 1 aromatic carbocycles. The van der Waals surface area contributed by atoms with Gasteiger partial charge in [0, 0.05) is 25.6 Å². The Kier molecular flexibility index (Phi) is 6.39. The van der Waals surface area contributed by atoms with Gasteiger partial charge in [-0.3, -0.25) is 4.79 Å². The standard InChI is InChI=1S/C14H22N2O2/c1-3-18-10-13-7-5-4-6-12(13)9-16-14(17)11(2)8-15/h4-7,11H,3,8-10,15H2,1-2H3,(H,16,17). The van der Waals surface area contributed by atoms with Crippen LogP contribution in [0.1, 0.15) is 25.0 Å². The molecule has 1 aromatic rings. The maximum atomic E-state index is 11.7. The first-order valence-corrected chi connectivity index (χ1v) is 6.31. The molecule has 1 rings (SSSR count). The minimum absolute atomic E-state index is 0.0105. The second kappa shape index (κ2) is 7.84. The van der Waals surface area contributed by atoms with E-state index in [0.717, 1.165) is 11.1 Å². The van der Waals surface area contributed by atoms with E-state index in [2.05, 4.69) is 5.32 Å². The molecule has 0 saturated carbocycles. The van der Waals surface area contributed by atoms with E-state index in [0.29, 0.717) is 26.3 Å². The molecule has 100 valence electrons. The quantitative estimate of drug-likeness (QED) is 0.769. The van der Waals surface area contributed by atoms with Gasteiger partial charge in [0.05, 0.1) is 6.61 Å². The Morgan fingerprint density at radius 2 is 2.06 bits per heavy atom. The van der Waals surface area contributed by atoms with Crippen LogP contribution in [0.25, 0.3) is 0 Å². The van der Waals surface area contributed by atoms with Crippen molar-refractivity contribution in [1.29, 1.82) is 0 Å². The van der Waals surface area contributed by atoms with E-state index in [-0.39, 0.29) is 11.8 Å². The predicted octanol–water partition coefficient (Wildman–Crippen LogP) is 1.43. The first-order valence-electron chi connectivity index (χ1n) is 6.31. The maximum absolute atomic E-state index is 11.7. The number of hydrogen-bond acceptors (Lipinski definition) is 3. The lowest BCUT2D eigenvalue weighted by atomic mass is 10.1. The fraction of sp³-hybridized carbons (Fsp3) is 0.500. The summed E-state index contributed by atoms with van der Waals surface area (Å²) in [6.45, 7) is 5.94. The van der Waals surface area contributed by atoms with Crippen molar-refractivity contribution >= 4 is 5.91 Å². The van der Waals surface area contributed by atoms with E-state index in [9.17, 15) is 4.79 Å². The SMILES string of the molecule is CCOCc1ccccc1CNC(=O)C(C)CN. The highest BCUT2D eigenvalue weighted by atomic mass is 16.5. The Labute approximate surface area is 109 Å². The van der Waals surface area contributed by atoms with Crippen LogP contribution in [0.3, 0.4) is 0 Å². The predicted molar refractivity (Wildman–Crippen MR) is 71.8 cm³/mol. The zero-order valence-corrected chi connectivity index (χ0v) is 11.1. The smallest absolute Gasteiger partial charge is 0.224 e. The summed E-state index contributed by atoms with van der Waals surface area (Å²) in [4.78, 5) is 11.7. The molecular weight excluding hydrogens is 228 g/mol. The van der Waals surface area contributed by atoms with Crippen LogP contribution in [0.15, 0.2) is 24.3 Å². The number of amides is 1. The first kappa shape index (κ1) is 14.7. The van der Waals surface area contributed by atoms with E-state index < -0.39 is 0 Å². The summed E-state index contributed by atoms with van der Waals surface area (Å²) in [5.41, 5.74) is 7.65. The fourth-order valence-corrected chi connectivity index (χ4v) is 1.55. The van der Waals surface area contributed by atoms with Gasteiger partial charge in [0.25, 0.3) is 0 Å². The summed E-state index contributed by atoms with van der Waals surface area (Å²) in [6.07, 6.45) is 0. The third-order valence-corrected chi connectivity index (χ3v) is 2.83. The van der Waals surface area contributed by atoms with Crippen LogP contribution < -0.4 is 11.1 Å². The Balaban J connectivity index is 2.58. The average Bonchev–Trinajstić information content (AvgIpc) is 2.42. The highest BCUT2D eigenvalue weighted by molar-refractivity contribution is 5.78. The van der Waals surface area contributed by atoms with Crippen molar-refractivity contribution in [3.63, 3.8) is 0 Å². The van der Waals surface area contributed by atoms with Crippen LogP contribution in [0.5, 0.6) is 0 Å². The molecule has 0 aliphatic rings. The fourth-order valence-electron chi connectivity index (χ4n) is 1.55. The molecule has 0 bridgehead atoms. The molecule has 1 unspecified atom stereocenters. The van der Waals surface area contributed by atoms with Gasteiger partial charge in [-0.15, -0.1) is 0 Å². The number of carbonyl (C=O) groups is 1. The molecule has 3 N–H and O–H groups in total. The number of rotatable bonds is 7. The summed E-state index contributed by atoms with van der Waals surface area (Å²) in [7, 11) is 0. The van der Waals surface area contributed by atoms with Crippen molar-refractivity contribution in [1.82, 2.24) is 5.32 Å². The third kappa shape index (κ3) is 4.47. The van der Waals surface area contributed by atoms with Gasteiger partial charge < -0.3 is 15.8 Å². The van der Waals surface area contributed by atoms with Crippen LogP contribution in [0.4, 0.5) is 0 Å². The van der Waals surface area contributed by atoms with E-state index in [1.807, 2.05) is 38.1 Å². The molecule has 0 heterocycles. The molecule has 0 spiro atoms. The largest absolute Gasteiger partial charge is 0.377 e. The second-order valence-electron chi connectivity index (χ2n) is 4.26. The Morgan fingerprint density at radius 3 is 2.67 bits per heavy atom. The highest BCUT2D eigenvalue weighted by Crippen LogP contribution is 2.10. The molecule has 0 saturated heterocycles. The lowest BCUT2D eigenvalue weighted by Gasteiger charge is -2.13. The van der Waals surface area contributed by atoms with E-state index in [4.69, 9.17) is 10.5 Å². The number of hydrogen-bond donors (Lipinski definition) is 2. The molecular formula is C14H22N2O2. The van der Waals surface area contributed by atoms with Crippen molar-refractivity contribution in [3.8, 4) is 0 Å². The lowest BCUT2D eigenvalue weighted by molar-refractivity contribution is -0.124. The molecule has 1 atom stereocenters. The monoisotopic (exact) mass is 250 g/mol. The highest BCUT2D eigenvalue weighted by Gasteiger charge is 2.10. The van der Waals surface area contributed by atoms with Gasteiger partial charge in [-0.25, -0.2) is 0 Å². The Hall–Kier alpha value is -1.39.